The highest BCUT2D eigenvalue weighted by Crippen LogP contribution is 2.34. The third kappa shape index (κ3) is 3.12. The summed E-state index contributed by atoms with van der Waals surface area (Å²) in [5.74, 6) is 3.49. The molecule has 0 aliphatic rings. The van der Waals surface area contributed by atoms with Gasteiger partial charge in [0.1, 0.15) is 11.6 Å². The topological polar surface area (TPSA) is 73.1 Å². The number of hydrogen-bond acceptors (Lipinski definition) is 5. The first-order valence-electron chi connectivity index (χ1n) is 5.24. The molecule has 106 valence electrons. The molecule has 0 aliphatic carbocycles. The number of nitrogens with two attached hydrogens (primary N) is 1. The van der Waals surface area contributed by atoms with E-state index in [0.717, 1.165) is 6.07 Å². The summed E-state index contributed by atoms with van der Waals surface area (Å²) in [5, 5.41) is 0. The summed E-state index contributed by atoms with van der Waals surface area (Å²) >= 11 is 0. The van der Waals surface area contributed by atoms with Crippen LogP contribution in [0.2, 0.25) is 0 Å². The van der Waals surface area contributed by atoms with Gasteiger partial charge in [-0.25, -0.2) is 15.2 Å². The minimum atomic E-state index is -4.81. The van der Waals surface area contributed by atoms with Gasteiger partial charge in [-0.3, -0.25) is 5.43 Å². The van der Waals surface area contributed by atoms with Crippen LogP contribution in [0.15, 0.2) is 30.5 Å². The second-order valence-corrected chi connectivity index (χ2v) is 3.60. The van der Waals surface area contributed by atoms with Crippen LogP contribution in [0, 0.1) is 5.82 Å². The zero-order chi connectivity index (χ0) is 14.8. The number of nitrogens with one attached hydrogen (secondary N) is 1. The fourth-order valence-corrected chi connectivity index (χ4v) is 1.37. The molecule has 3 N–H and O–H groups in total. The summed E-state index contributed by atoms with van der Waals surface area (Å²) in [5.41, 5.74) is 0.740. The molecule has 0 aliphatic heterocycles. The molecule has 20 heavy (non-hydrogen) atoms. The number of hydrazine groups is 1. The lowest BCUT2D eigenvalue weighted by atomic mass is 10.2. The van der Waals surface area contributed by atoms with E-state index in [-0.39, 0.29) is 17.6 Å². The molecule has 0 spiro atoms. The Bertz CT molecular complexity index is 618. The Morgan fingerprint density at radius 1 is 1.20 bits per heavy atom. The van der Waals surface area contributed by atoms with Crippen LogP contribution in [0.4, 0.5) is 23.5 Å². The Kier molecular flexibility index (Phi) is 3.70. The van der Waals surface area contributed by atoms with E-state index in [1.165, 1.54) is 12.3 Å². The average molecular weight is 288 g/mol. The molecule has 0 unspecified atom stereocenters. The van der Waals surface area contributed by atoms with E-state index >= 15 is 0 Å². The number of ether oxygens (including phenoxy) is 1. The first-order valence-corrected chi connectivity index (χ1v) is 5.24. The second-order valence-electron chi connectivity index (χ2n) is 3.60. The second kappa shape index (κ2) is 5.29. The van der Waals surface area contributed by atoms with E-state index in [4.69, 9.17) is 10.6 Å². The number of nitrogens with zero attached hydrogens (tertiary/aromatic N) is 2. The molecule has 0 saturated carbocycles. The van der Waals surface area contributed by atoms with Gasteiger partial charge < -0.3 is 4.74 Å². The Balaban J connectivity index is 2.30. The van der Waals surface area contributed by atoms with E-state index in [0.29, 0.717) is 12.1 Å². The van der Waals surface area contributed by atoms with Gasteiger partial charge in [-0.2, -0.15) is 18.2 Å². The summed E-state index contributed by atoms with van der Waals surface area (Å²) in [6, 6.07) is 3.59. The number of rotatable bonds is 3. The van der Waals surface area contributed by atoms with E-state index in [2.05, 4.69) is 15.4 Å². The normalized spacial score (nSPS) is 11.2. The van der Waals surface area contributed by atoms with E-state index in [9.17, 15) is 17.6 Å². The predicted octanol–water partition coefficient (Wildman–Crippen LogP) is 2.71. The molecule has 0 radical (unpaired) electrons. The number of aromatic nitrogens is 2. The van der Waals surface area contributed by atoms with Gasteiger partial charge in [-0.1, -0.05) is 0 Å². The van der Waals surface area contributed by atoms with Crippen LogP contribution in [-0.2, 0) is 6.18 Å². The van der Waals surface area contributed by atoms with Gasteiger partial charge in [-0.15, -0.1) is 0 Å². The predicted molar refractivity (Wildman–Crippen MR) is 61.3 cm³/mol. The highest BCUT2D eigenvalue weighted by Gasteiger charge is 2.34. The molecule has 0 fully saturated rings. The third-order valence-electron chi connectivity index (χ3n) is 2.22. The molecule has 0 atom stereocenters. The molecule has 1 heterocycles. The van der Waals surface area contributed by atoms with Crippen molar-refractivity contribution in [3.8, 4) is 11.6 Å². The van der Waals surface area contributed by atoms with E-state index in [1.54, 1.807) is 0 Å². The standard InChI is InChI=1S/C11H8F4N4O/c12-8-2-1-6(5-7(8)11(13,14)15)20-9-3-4-17-10(18-9)19-16/h1-5H,16H2,(H,17,18,19). The van der Waals surface area contributed by atoms with Crippen LogP contribution in [0.1, 0.15) is 5.56 Å². The van der Waals surface area contributed by atoms with Crippen LogP contribution in [0.3, 0.4) is 0 Å². The van der Waals surface area contributed by atoms with Crippen molar-refractivity contribution in [3.63, 3.8) is 0 Å². The SMILES string of the molecule is NNc1nccc(Oc2ccc(F)c(C(F)(F)F)c2)n1. The van der Waals surface area contributed by atoms with Gasteiger partial charge in [0.15, 0.2) is 0 Å². The van der Waals surface area contributed by atoms with Gasteiger partial charge >= 0.3 is 6.18 Å². The number of hydrogen-bond donors (Lipinski definition) is 2. The minimum absolute atomic E-state index is 0.0284. The minimum Gasteiger partial charge on any atom is -0.439 e. The van der Waals surface area contributed by atoms with Crippen molar-refractivity contribution in [1.29, 1.82) is 0 Å². The van der Waals surface area contributed by atoms with E-state index in [1.807, 2.05) is 0 Å². The van der Waals surface area contributed by atoms with Crippen molar-refractivity contribution in [2.24, 2.45) is 5.84 Å². The van der Waals surface area contributed by atoms with Gasteiger partial charge in [-0.05, 0) is 18.2 Å². The van der Waals surface area contributed by atoms with Crippen molar-refractivity contribution in [2.45, 2.75) is 6.18 Å². The third-order valence-corrected chi connectivity index (χ3v) is 2.22. The van der Waals surface area contributed by atoms with Crippen LogP contribution < -0.4 is 16.0 Å². The summed E-state index contributed by atoms with van der Waals surface area (Å²) in [4.78, 5) is 7.46. The van der Waals surface area contributed by atoms with Crippen molar-refractivity contribution in [1.82, 2.24) is 9.97 Å². The summed E-state index contributed by atoms with van der Waals surface area (Å²) < 4.78 is 55.8. The molecule has 0 amide bonds. The van der Waals surface area contributed by atoms with Crippen molar-refractivity contribution in [3.05, 3.63) is 41.8 Å². The Hall–Kier alpha value is -2.42. The molecule has 0 bridgehead atoms. The molecule has 1 aromatic carbocycles. The lowest BCUT2D eigenvalue weighted by Gasteiger charge is -2.10. The highest BCUT2D eigenvalue weighted by molar-refractivity contribution is 5.35. The quantitative estimate of drug-likeness (QED) is 0.516. The maximum absolute atomic E-state index is 13.1. The van der Waals surface area contributed by atoms with Gasteiger partial charge in [0.25, 0.3) is 0 Å². The molecular weight excluding hydrogens is 280 g/mol. The first kappa shape index (κ1) is 14.0. The fourth-order valence-electron chi connectivity index (χ4n) is 1.37. The molecule has 2 aromatic rings. The van der Waals surface area contributed by atoms with Crippen LogP contribution >= 0.6 is 0 Å². The Labute approximate surface area is 110 Å². The Morgan fingerprint density at radius 3 is 2.60 bits per heavy atom. The fraction of sp³-hybridized carbons (Fsp3) is 0.0909. The number of halogens is 4. The largest absolute Gasteiger partial charge is 0.439 e. The number of alkyl halides is 3. The van der Waals surface area contributed by atoms with Crippen LogP contribution in [0.5, 0.6) is 11.6 Å². The number of anilines is 1. The number of nitrogen functional groups attached to an aromatic ring is 1. The summed E-state index contributed by atoms with van der Waals surface area (Å²) in [6.45, 7) is 0. The molecular formula is C11H8F4N4O. The molecule has 5 nitrogen and oxygen atoms in total. The maximum atomic E-state index is 13.1. The van der Waals surface area contributed by atoms with Crippen LogP contribution in [-0.4, -0.2) is 9.97 Å². The average Bonchev–Trinajstić information content (AvgIpc) is 2.40. The summed E-state index contributed by atoms with van der Waals surface area (Å²) in [7, 11) is 0. The zero-order valence-electron chi connectivity index (χ0n) is 9.78. The van der Waals surface area contributed by atoms with Gasteiger partial charge in [0.2, 0.25) is 11.8 Å². The first-order chi connectivity index (χ1) is 9.40. The van der Waals surface area contributed by atoms with Gasteiger partial charge in [0.05, 0.1) is 5.56 Å². The zero-order valence-corrected chi connectivity index (χ0v) is 9.78. The highest BCUT2D eigenvalue weighted by atomic mass is 19.4. The molecule has 9 heteroatoms. The lowest BCUT2D eigenvalue weighted by Crippen LogP contribution is -2.10. The molecule has 2 rings (SSSR count). The van der Waals surface area contributed by atoms with Gasteiger partial charge in [0, 0.05) is 12.3 Å². The Morgan fingerprint density at radius 2 is 1.95 bits per heavy atom. The van der Waals surface area contributed by atoms with Crippen molar-refractivity contribution in [2.75, 3.05) is 5.43 Å². The van der Waals surface area contributed by atoms with Crippen molar-refractivity contribution >= 4 is 5.95 Å². The summed E-state index contributed by atoms with van der Waals surface area (Å²) in [6.07, 6.45) is -3.51. The number of benzene rings is 1. The van der Waals surface area contributed by atoms with E-state index < -0.39 is 17.6 Å². The van der Waals surface area contributed by atoms with Crippen LogP contribution in [0.25, 0.3) is 0 Å². The molecule has 1 aromatic heterocycles. The van der Waals surface area contributed by atoms with Crippen molar-refractivity contribution < 1.29 is 22.3 Å². The maximum Gasteiger partial charge on any atom is 0.419 e. The monoisotopic (exact) mass is 288 g/mol. The lowest BCUT2D eigenvalue weighted by molar-refractivity contribution is -0.140. The smallest absolute Gasteiger partial charge is 0.419 e. The molecule has 0 saturated heterocycles.